The smallest absolute Gasteiger partial charge is 0.243 e. The highest BCUT2D eigenvalue weighted by Crippen LogP contribution is 2.17. The van der Waals surface area contributed by atoms with Crippen LogP contribution < -0.4 is 10.6 Å². The molecule has 2 rings (SSSR count). The monoisotopic (exact) mass is 274 g/mol. The van der Waals surface area contributed by atoms with Crippen molar-refractivity contribution < 1.29 is 9.59 Å². The maximum Gasteiger partial charge on any atom is 0.243 e. The van der Waals surface area contributed by atoms with E-state index in [9.17, 15) is 9.59 Å². The Hall–Kier alpha value is -1.84. The Balaban J connectivity index is 1.98. The van der Waals surface area contributed by atoms with E-state index in [0.717, 1.165) is 6.42 Å². The Morgan fingerprint density at radius 2 is 2.10 bits per heavy atom. The molecule has 1 fully saturated rings. The second-order valence-corrected chi connectivity index (χ2v) is 6.14. The van der Waals surface area contributed by atoms with Crippen molar-refractivity contribution in [2.24, 2.45) is 0 Å². The first-order chi connectivity index (χ1) is 9.37. The van der Waals surface area contributed by atoms with Gasteiger partial charge in [0.05, 0.1) is 0 Å². The first-order valence-corrected chi connectivity index (χ1v) is 7.03. The standard InChI is InChI=1S/C16H22N2O2/c1-11-6-4-5-7-12(11)10-16(2,3)18-15(20)13-8-9-14(19)17-13/h4-7,13H,8-10H2,1-3H3,(H,17,19)(H,18,20). The normalized spacial score (nSPS) is 18.8. The summed E-state index contributed by atoms with van der Waals surface area (Å²) in [5.41, 5.74) is 2.12. The predicted molar refractivity (Wildman–Crippen MR) is 78.3 cm³/mol. The highest BCUT2D eigenvalue weighted by atomic mass is 16.2. The molecule has 108 valence electrons. The van der Waals surface area contributed by atoms with Crippen LogP contribution in [0.4, 0.5) is 0 Å². The lowest BCUT2D eigenvalue weighted by Crippen LogP contribution is -2.51. The topological polar surface area (TPSA) is 58.2 Å². The van der Waals surface area contributed by atoms with Gasteiger partial charge in [0, 0.05) is 12.0 Å². The lowest BCUT2D eigenvalue weighted by molar-refractivity contribution is -0.126. The van der Waals surface area contributed by atoms with Gasteiger partial charge >= 0.3 is 0 Å². The van der Waals surface area contributed by atoms with Gasteiger partial charge in [0.1, 0.15) is 6.04 Å². The molecule has 1 aromatic rings. The molecule has 1 heterocycles. The molecule has 0 aromatic heterocycles. The van der Waals surface area contributed by atoms with Crippen molar-refractivity contribution in [3.8, 4) is 0 Å². The van der Waals surface area contributed by atoms with Gasteiger partial charge in [-0.3, -0.25) is 9.59 Å². The molecule has 0 bridgehead atoms. The third-order valence-corrected chi connectivity index (χ3v) is 3.67. The van der Waals surface area contributed by atoms with Crippen molar-refractivity contribution in [1.82, 2.24) is 10.6 Å². The fourth-order valence-corrected chi connectivity index (χ4v) is 2.56. The molecular formula is C16H22N2O2. The van der Waals surface area contributed by atoms with Gasteiger partial charge in [-0.25, -0.2) is 0 Å². The largest absolute Gasteiger partial charge is 0.349 e. The predicted octanol–water partition coefficient (Wildman–Crippen LogP) is 1.71. The van der Waals surface area contributed by atoms with E-state index in [0.29, 0.717) is 12.8 Å². The molecule has 0 spiro atoms. The highest BCUT2D eigenvalue weighted by Gasteiger charge is 2.31. The minimum atomic E-state index is -0.376. The number of nitrogens with one attached hydrogen (secondary N) is 2. The van der Waals surface area contributed by atoms with E-state index in [4.69, 9.17) is 0 Å². The zero-order valence-electron chi connectivity index (χ0n) is 12.3. The second-order valence-electron chi connectivity index (χ2n) is 6.14. The van der Waals surface area contributed by atoms with E-state index in [1.54, 1.807) is 0 Å². The Morgan fingerprint density at radius 3 is 2.70 bits per heavy atom. The molecule has 4 heteroatoms. The van der Waals surface area contributed by atoms with E-state index in [1.807, 2.05) is 26.0 Å². The summed E-state index contributed by atoms with van der Waals surface area (Å²) < 4.78 is 0. The fraction of sp³-hybridized carbons (Fsp3) is 0.500. The summed E-state index contributed by atoms with van der Waals surface area (Å²) in [4.78, 5) is 23.3. The fourth-order valence-electron chi connectivity index (χ4n) is 2.56. The Labute approximate surface area is 119 Å². The summed E-state index contributed by atoms with van der Waals surface area (Å²) in [6.07, 6.45) is 1.80. The van der Waals surface area contributed by atoms with Crippen molar-refractivity contribution in [1.29, 1.82) is 0 Å². The van der Waals surface area contributed by atoms with Gasteiger partial charge in [0.15, 0.2) is 0 Å². The number of benzene rings is 1. The van der Waals surface area contributed by atoms with Gasteiger partial charge in [-0.1, -0.05) is 24.3 Å². The van der Waals surface area contributed by atoms with Crippen LogP contribution in [0.2, 0.25) is 0 Å². The third kappa shape index (κ3) is 3.59. The first-order valence-electron chi connectivity index (χ1n) is 7.03. The average molecular weight is 274 g/mol. The molecule has 2 N–H and O–H groups in total. The van der Waals surface area contributed by atoms with Gasteiger partial charge < -0.3 is 10.6 Å². The van der Waals surface area contributed by atoms with Crippen LogP contribution in [0, 0.1) is 6.92 Å². The molecule has 0 aliphatic carbocycles. The maximum absolute atomic E-state index is 12.2. The van der Waals surface area contributed by atoms with Crippen molar-refractivity contribution in [3.63, 3.8) is 0 Å². The van der Waals surface area contributed by atoms with E-state index in [2.05, 4.69) is 29.7 Å². The Bertz CT molecular complexity index is 523. The number of amides is 2. The number of carbonyl (C=O) groups is 2. The minimum Gasteiger partial charge on any atom is -0.349 e. The lowest BCUT2D eigenvalue weighted by atomic mass is 9.92. The van der Waals surface area contributed by atoms with Crippen molar-refractivity contribution in [3.05, 3.63) is 35.4 Å². The molecule has 1 aliphatic rings. The second kappa shape index (κ2) is 5.65. The quantitative estimate of drug-likeness (QED) is 0.878. The minimum absolute atomic E-state index is 0.0399. The van der Waals surface area contributed by atoms with Crippen LogP contribution in [-0.2, 0) is 16.0 Å². The summed E-state index contributed by atoms with van der Waals surface area (Å²) in [6.45, 7) is 6.09. The lowest BCUT2D eigenvalue weighted by Gasteiger charge is -2.28. The molecule has 2 amide bonds. The van der Waals surface area contributed by atoms with Crippen LogP contribution in [0.3, 0.4) is 0 Å². The van der Waals surface area contributed by atoms with Crippen LogP contribution in [0.1, 0.15) is 37.8 Å². The summed E-state index contributed by atoms with van der Waals surface area (Å²) in [6, 6.07) is 7.81. The molecule has 0 radical (unpaired) electrons. The van der Waals surface area contributed by atoms with Gasteiger partial charge in [0.25, 0.3) is 0 Å². The summed E-state index contributed by atoms with van der Waals surface area (Å²) >= 11 is 0. The van der Waals surface area contributed by atoms with E-state index in [1.165, 1.54) is 11.1 Å². The number of carbonyl (C=O) groups excluding carboxylic acids is 2. The summed E-state index contributed by atoms with van der Waals surface area (Å²) in [5, 5.41) is 5.74. The molecule has 1 atom stereocenters. The van der Waals surface area contributed by atoms with Gasteiger partial charge in [-0.15, -0.1) is 0 Å². The molecule has 20 heavy (non-hydrogen) atoms. The molecular weight excluding hydrogens is 252 g/mol. The number of hydrogen-bond acceptors (Lipinski definition) is 2. The van der Waals surface area contributed by atoms with Crippen LogP contribution >= 0.6 is 0 Å². The summed E-state index contributed by atoms with van der Waals surface area (Å²) in [5.74, 6) is -0.128. The molecule has 1 aromatic carbocycles. The van der Waals surface area contributed by atoms with Crippen molar-refractivity contribution in [2.45, 2.75) is 51.6 Å². The van der Waals surface area contributed by atoms with Crippen LogP contribution in [-0.4, -0.2) is 23.4 Å². The molecule has 1 saturated heterocycles. The molecule has 0 saturated carbocycles. The zero-order valence-corrected chi connectivity index (χ0v) is 12.3. The van der Waals surface area contributed by atoms with E-state index in [-0.39, 0.29) is 23.4 Å². The Kier molecular flexibility index (Phi) is 4.12. The van der Waals surface area contributed by atoms with E-state index < -0.39 is 0 Å². The number of rotatable bonds is 4. The van der Waals surface area contributed by atoms with Gasteiger partial charge in [-0.05, 0) is 44.7 Å². The van der Waals surface area contributed by atoms with Gasteiger partial charge in [0.2, 0.25) is 11.8 Å². The molecule has 1 aliphatic heterocycles. The summed E-state index contributed by atoms with van der Waals surface area (Å²) in [7, 11) is 0. The SMILES string of the molecule is Cc1ccccc1CC(C)(C)NC(=O)C1CCC(=O)N1. The average Bonchev–Trinajstić information content (AvgIpc) is 2.78. The maximum atomic E-state index is 12.2. The highest BCUT2D eigenvalue weighted by molar-refractivity contribution is 5.91. The number of aryl methyl sites for hydroxylation is 1. The first kappa shape index (κ1) is 14.6. The Morgan fingerprint density at radius 1 is 1.40 bits per heavy atom. The van der Waals surface area contributed by atoms with E-state index >= 15 is 0 Å². The van der Waals surface area contributed by atoms with Crippen molar-refractivity contribution in [2.75, 3.05) is 0 Å². The molecule has 1 unspecified atom stereocenters. The molecule has 4 nitrogen and oxygen atoms in total. The van der Waals surface area contributed by atoms with Gasteiger partial charge in [-0.2, -0.15) is 0 Å². The van der Waals surface area contributed by atoms with Crippen LogP contribution in [0.25, 0.3) is 0 Å². The van der Waals surface area contributed by atoms with Crippen molar-refractivity contribution >= 4 is 11.8 Å². The zero-order chi connectivity index (χ0) is 14.8. The van der Waals surface area contributed by atoms with Crippen LogP contribution in [0.5, 0.6) is 0 Å². The van der Waals surface area contributed by atoms with Crippen LogP contribution in [0.15, 0.2) is 24.3 Å². The third-order valence-electron chi connectivity index (χ3n) is 3.67. The number of hydrogen-bond donors (Lipinski definition) is 2.